The van der Waals surface area contributed by atoms with E-state index >= 15 is 0 Å². The number of aromatic nitrogens is 1. The van der Waals surface area contributed by atoms with E-state index in [1.807, 2.05) is 0 Å². The van der Waals surface area contributed by atoms with Crippen LogP contribution < -0.4 is 10.9 Å². The van der Waals surface area contributed by atoms with Crippen LogP contribution in [0.25, 0.3) is 21.9 Å². The minimum absolute atomic E-state index is 0.0357. The Bertz CT molecular complexity index is 1190. The molecule has 0 fully saturated rings. The highest BCUT2D eigenvalue weighted by molar-refractivity contribution is 6.31. The molecule has 1 aliphatic carbocycles. The van der Waals surface area contributed by atoms with Crippen molar-refractivity contribution in [3.05, 3.63) is 78.7 Å². The number of aromatic amines is 1. The second kappa shape index (κ2) is 4.20. The molecule has 1 heterocycles. The molecule has 0 unspecified atom stereocenters. The largest absolute Gasteiger partial charge is 0.449 e. The quantitative estimate of drug-likeness (QED) is 0.542. The summed E-state index contributed by atoms with van der Waals surface area (Å²) in [6, 6.07) is 11.7. The highest BCUT2D eigenvalue weighted by atomic mass is 35.5. The summed E-state index contributed by atoms with van der Waals surface area (Å²) in [5, 5.41) is 1.42. The maximum absolute atomic E-state index is 12.5. The van der Waals surface area contributed by atoms with Crippen molar-refractivity contribution in [2.75, 3.05) is 0 Å². The first-order chi connectivity index (χ1) is 10.1. The Balaban J connectivity index is 2.40. The molecule has 0 spiro atoms. The summed E-state index contributed by atoms with van der Waals surface area (Å²) >= 11 is 5.93. The minimum atomic E-state index is -0.298. The van der Waals surface area contributed by atoms with E-state index < -0.39 is 0 Å². The zero-order chi connectivity index (χ0) is 14.6. The van der Waals surface area contributed by atoms with Crippen molar-refractivity contribution < 1.29 is 4.42 Å². The van der Waals surface area contributed by atoms with Gasteiger partial charge in [0.15, 0.2) is 5.58 Å². The van der Waals surface area contributed by atoms with Crippen LogP contribution in [0.5, 0.6) is 0 Å². The fourth-order valence-electron chi connectivity index (χ4n) is 2.50. The van der Waals surface area contributed by atoms with E-state index in [-0.39, 0.29) is 21.6 Å². The number of rotatable bonds is 0. The SMILES string of the molecule is O=c1c2[nH]c3cc(Cl)ccc3oc=2c(=O)c2ccccc12. The van der Waals surface area contributed by atoms with Crippen LogP contribution in [0.3, 0.4) is 0 Å². The van der Waals surface area contributed by atoms with E-state index in [1.54, 1.807) is 42.5 Å². The molecule has 4 rings (SSSR count). The molecule has 102 valence electrons. The number of fused-ring (bicyclic) bond motifs is 2. The van der Waals surface area contributed by atoms with E-state index in [2.05, 4.69) is 4.98 Å². The maximum Gasteiger partial charge on any atom is 0.231 e. The summed E-state index contributed by atoms with van der Waals surface area (Å²) in [6.07, 6.45) is 0. The van der Waals surface area contributed by atoms with Crippen LogP contribution in [0.15, 0.2) is 56.5 Å². The van der Waals surface area contributed by atoms with Gasteiger partial charge in [0, 0.05) is 15.8 Å². The molecule has 0 amide bonds. The molecule has 0 atom stereocenters. The summed E-state index contributed by atoms with van der Waals surface area (Å²) in [5.74, 6) is 0. The normalized spacial score (nSPS) is 11.5. The summed E-state index contributed by atoms with van der Waals surface area (Å²) in [5.41, 5.74) is 0.521. The van der Waals surface area contributed by atoms with Crippen molar-refractivity contribution in [3.63, 3.8) is 0 Å². The highest BCUT2D eigenvalue weighted by Crippen LogP contribution is 2.17. The van der Waals surface area contributed by atoms with Gasteiger partial charge in [0.1, 0.15) is 5.35 Å². The Hall–Kier alpha value is -2.59. The first-order valence-electron chi connectivity index (χ1n) is 6.32. The molecule has 0 saturated carbocycles. The summed E-state index contributed by atoms with van der Waals surface area (Å²) < 4.78 is 5.62. The molecule has 2 aromatic rings. The molecule has 0 radical (unpaired) electrons. The van der Waals surface area contributed by atoms with Crippen LogP contribution in [0.1, 0.15) is 0 Å². The lowest BCUT2D eigenvalue weighted by Gasteiger charge is -2.02. The van der Waals surface area contributed by atoms with Crippen LogP contribution in [0.2, 0.25) is 5.02 Å². The summed E-state index contributed by atoms with van der Waals surface area (Å²) in [7, 11) is 0. The highest BCUT2D eigenvalue weighted by Gasteiger charge is 2.10. The van der Waals surface area contributed by atoms with Gasteiger partial charge in [0.05, 0.1) is 5.52 Å². The van der Waals surface area contributed by atoms with Gasteiger partial charge in [0.2, 0.25) is 16.3 Å². The molecule has 1 aliphatic heterocycles. The number of hydrogen-bond donors (Lipinski definition) is 1. The Kier molecular flexibility index (Phi) is 2.43. The molecule has 0 saturated heterocycles. The lowest BCUT2D eigenvalue weighted by atomic mass is 10.1. The predicted octanol–water partition coefficient (Wildman–Crippen LogP) is 3.01. The lowest BCUT2D eigenvalue weighted by molar-refractivity contribution is 0.556. The Morgan fingerprint density at radius 3 is 2.43 bits per heavy atom. The van der Waals surface area contributed by atoms with Crippen LogP contribution >= 0.6 is 11.6 Å². The van der Waals surface area contributed by atoms with Gasteiger partial charge in [-0.1, -0.05) is 35.9 Å². The average molecular weight is 298 g/mol. The Morgan fingerprint density at radius 1 is 0.952 bits per heavy atom. The van der Waals surface area contributed by atoms with E-state index in [9.17, 15) is 9.59 Å². The molecule has 0 aromatic heterocycles. The number of nitrogens with one attached hydrogen (secondary N) is 1. The van der Waals surface area contributed by atoms with Crippen molar-refractivity contribution in [3.8, 4) is 0 Å². The third kappa shape index (κ3) is 1.69. The van der Waals surface area contributed by atoms with Crippen molar-refractivity contribution in [1.82, 2.24) is 4.98 Å². The number of benzene rings is 2. The molecule has 2 aromatic carbocycles. The third-order valence-corrected chi connectivity index (χ3v) is 3.73. The zero-order valence-electron chi connectivity index (χ0n) is 10.6. The molecule has 2 aliphatic rings. The van der Waals surface area contributed by atoms with Crippen LogP contribution in [0, 0.1) is 10.8 Å². The molecule has 5 heteroatoms. The standard InChI is InChI=1S/C16H8ClNO3/c17-8-5-6-12-11(7-8)18-13-14(19)9-3-1-2-4-10(9)15(20)16(13)21-12/h1-7,18H. The van der Waals surface area contributed by atoms with Crippen molar-refractivity contribution >= 4 is 33.5 Å². The van der Waals surface area contributed by atoms with Gasteiger partial charge in [0.25, 0.3) is 0 Å². The second-order valence-corrected chi connectivity index (χ2v) is 5.21. The van der Waals surface area contributed by atoms with E-state index in [1.165, 1.54) is 0 Å². The van der Waals surface area contributed by atoms with Crippen LogP contribution in [0.4, 0.5) is 0 Å². The fraction of sp³-hybridized carbons (Fsp3) is 0. The Labute approximate surface area is 122 Å². The van der Waals surface area contributed by atoms with Gasteiger partial charge in [-0.05, 0) is 18.2 Å². The van der Waals surface area contributed by atoms with Gasteiger partial charge in [-0.3, -0.25) is 9.59 Å². The summed E-state index contributed by atoms with van der Waals surface area (Å²) in [4.78, 5) is 27.9. The van der Waals surface area contributed by atoms with Crippen LogP contribution in [-0.2, 0) is 0 Å². The molecule has 1 N–H and O–H groups in total. The minimum Gasteiger partial charge on any atom is -0.449 e. The fourth-order valence-corrected chi connectivity index (χ4v) is 2.67. The van der Waals surface area contributed by atoms with E-state index in [4.69, 9.17) is 16.0 Å². The van der Waals surface area contributed by atoms with Gasteiger partial charge in [-0.25, -0.2) is 0 Å². The van der Waals surface area contributed by atoms with Gasteiger partial charge in [-0.15, -0.1) is 0 Å². The van der Waals surface area contributed by atoms with E-state index in [0.29, 0.717) is 26.9 Å². The van der Waals surface area contributed by atoms with Gasteiger partial charge >= 0.3 is 0 Å². The maximum atomic E-state index is 12.5. The topological polar surface area (TPSA) is 63.1 Å². The number of halogens is 1. The van der Waals surface area contributed by atoms with E-state index in [0.717, 1.165) is 0 Å². The monoisotopic (exact) mass is 297 g/mol. The molecule has 4 nitrogen and oxygen atoms in total. The van der Waals surface area contributed by atoms with Crippen molar-refractivity contribution in [1.29, 1.82) is 0 Å². The number of hydrogen-bond acceptors (Lipinski definition) is 3. The van der Waals surface area contributed by atoms with Gasteiger partial charge in [-0.2, -0.15) is 0 Å². The average Bonchev–Trinajstić information content (AvgIpc) is 2.51. The molecule has 21 heavy (non-hydrogen) atoms. The van der Waals surface area contributed by atoms with Crippen molar-refractivity contribution in [2.45, 2.75) is 0 Å². The smallest absolute Gasteiger partial charge is 0.231 e. The third-order valence-electron chi connectivity index (χ3n) is 3.49. The molecule has 0 bridgehead atoms. The second-order valence-electron chi connectivity index (χ2n) is 4.78. The Morgan fingerprint density at radius 2 is 1.67 bits per heavy atom. The first-order valence-corrected chi connectivity index (χ1v) is 6.70. The van der Waals surface area contributed by atoms with Crippen LogP contribution in [-0.4, -0.2) is 4.98 Å². The van der Waals surface area contributed by atoms with Crippen molar-refractivity contribution in [2.24, 2.45) is 0 Å². The zero-order valence-corrected chi connectivity index (χ0v) is 11.4. The van der Waals surface area contributed by atoms with Gasteiger partial charge < -0.3 is 9.40 Å². The number of H-pyrrole nitrogens is 1. The first kappa shape index (κ1) is 12.2. The predicted molar refractivity (Wildman–Crippen MR) is 80.9 cm³/mol. The summed E-state index contributed by atoms with van der Waals surface area (Å²) in [6.45, 7) is 0. The lowest BCUT2D eigenvalue weighted by Crippen LogP contribution is -2.16. The molecular weight excluding hydrogens is 290 g/mol. The molecular formula is C16H8ClNO3.